The van der Waals surface area contributed by atoms with Gasteiger partial charge in [0.1, 0.15) is 0 Å². The third kappa shape index (κ3) is 4.96. The number of aliphatic hydroxyl groups excluding tert-OH is 1. The van der Waals surface area contributed by atoms with Gasteiger partial charge in [-0.1, -0.05) is 43.2 Å². The molecule has 28 heavy (non-hydrogen) atoms. The molecule has 5 nitrogen and oxygen atoms in total. The standard InChI is InChI=1S/C22H31IN4O/c23-27-16-20(22(24-27)18-8-4-3-5-9-18)14-26-13-19(21(15-26)17-28)12-25-10-6-1-2-7-11-25/h3-5,8-9,16,19,21,28H,1-2,6-7,10-15,17H2. The first-order valence-corrected chi connectivity index (χ1v) is 11.5. The third-order valence-electron chi connectivity index (χ3n) is 6.28. The van der Waals surface area contributed by atoms with Crippen molar-refractivity contribution in [2.24, 2.45) is 11.8 Å². The quantitative estimate of drug-likeness (QED) is 0.623. The molecule has 2 atom stereocenters. The van der Waals surface area contributed by atoms with E-state index in [9.17, 15) is 5.11 Å². The molecule has 0 bridgehead atoms. The Balaban J connectivity index is 1.43. The van der Waals surface area contributed by atoms with Gasteiger partial charge in [0.25, 0.3) is 0 Å². The number of hydrogen-bond acceptors (Lipinski definition) is 4. The second kappa shape index (κ2) is 9.69. The molecule has 2 saturated heterocycles. The molecule has 2 fully saturated rings. The first kappa shape index (κ1) is 20.3. The molecule has 0 radical (unpaired) electrons. The minimum absolute atomic E-state index is 0.298. The van der Waals surface area contributed by atoms with Gasteiger partial charge in [-0.05, 0) is 37.8 Å². The van der Waals surface area contributed by atoms with Crippen molar-refractivity contribution in [2.45, 2.75) is 32.2 Å². The molecular weight excluding hydrogens is 463 g/mol. The van der Waals surface area contributed by atoms with Crippen LogP contribution in [0.2, 0.25) is 0 Å². The molecule has 4 rings (SSSR count). The van der Waals surface area contributed by atoms with Crippen molar-refractivity contribution in [3.63, 3.8) is 0 Å². The lowest BCUT2D eigenvalue weighted by atomic mass is 9.96. The van der Waals surface area contributed by atoms with Gasteiger partial charge in [0.2, 0.25) is 0 Å². The molecule has 1 N–H and O–H groups in total. The van der Waals surface area contributed by atoms with Gasteiger partial charge in [-0.25, -0.2) is 2.90 Å². The Morgan fingerprint density at radius 1 is 0.964 bits per heavy atom. The zero-order valence-corrected chi connectivity index (χ0v) is 18.7. The van der Waals surface area contributed by atoms with Crippen LogP contribution in [0.3, 0.4) is 0 Å². The molecule has 0 aliphatic carbocycles. The van der Waals surface area contributed by atoms with Crippen molar-refractivity contribution >= 4 is 22.9 Å². The summed E-state index contributed by atoms with van der Waals surface area (Å²) in [5, 5.41) is 14.7. The van der Waals surface area contributed by atoms with Crippen LogP contribution < -0.4 is 0 Å². The average Bonchev–Trinajstić information content (AvgIpc) is 3.15. The number of halogens is 1. The summed E-state index contributed by atoms with van der Waals surface area (Å²) in [7, 11) is 0. The van der Waals surface area contributed by atoms with Crippen molar-refractivity contribution in [1.29, 1.82) is 0 Å². The SMILES string of the molecule is OCC1CN(Cc2cn(I)nc2-c2ccccc2)CC1CN1CCCCCC1. The monoisotopic (exact) mass is 494 g/mol. The van der Waals surface area contributed by atoms with Crippen molar-refractivity contribution < 1.29 is 5.11 Å². The van der Waals surface area contributed by atoms with Crippen LogP contribution >= 0.6 is 22.9 Å². The van der Waals surface area contributed by atoms with Gasteiger partial charge in [-0.3, -0.25) is 4.90 Å². The lowest BCUT2D eigenvalue weighted by molar-refractivity contribution is 0.165. The topological polar surface area (TPSA) is 44.5 Å². The van der Waals surface area contributed by atoms with Crippen LogP contribution in [0.4, 0.5) is 0 Å². The Labute approximate surface area is 182 Å². The molecular formula is C22H31IN4O. The summed E-state index contributed by atoms with van der Waals surface area (Å²) < 4.78 is 1.89. The predicted octanol–water partition coefficient (Wildman–Crippen LogP) is 3.66. The lowest BCUT2D eigenvalue weighted by Crippen LogP contribution is -2.34. The van der Waals surface area contributed by atoms with Gasteiger partial charge < -0.3 is 10.0 Å². The second-order valence-corrected chi connectivity index (χ2v) is 9.36. The maximum Gasteiger partial charge on any atom is 0.0977 e. The fraction of sp³-hybridized carbons (Fsp3) is 0.591. The molecule has 0 amide bonds. The fourth-order valence-corrected chi connectivity index (χ4v) is 5.36. The molecule has 1 aromatic heterocycles. The van der Waals surface area contributed by atoms with Gasteiger partial charge in [-0.2, -0.15) is 5.10 Å². The molecule has 2 unspecified atom stereocenters. The Bertz CT molecular complexity index is 742. The van der Waals surface area contributed by atoms with E-state index >= 15 is 0 Å². The number of aromatic nitrogens is 2. The van der Waals surface area contributed by atoms with E-state index in [0.29, 0.717) is 18.4 Å². The highest BCUT2D eigenvalue weighted by atomic mass is 127. The second-order valence-electron chi connectivity index (χ2n) is 8.37. The van der Waals surface area contributed by atoms with E-state index in [1.165, 1.54) is 49.9 Å². The highest BCUT2D eigenvalue weighted by molar-refractivity contribution is 14.1. The van der Waals surface area contributed by atoms with Crippen molar-refractivity contribution in [1.82, 2.24) is 17.8 Å². The number of hydrogen-bond donors (Lipinski definition) is 1. The predicted molar refractivity (Wildman–Crippen MR) is 121 cm³/mol. The first-order chi connectivity index (χ1) is 13.7. The maximum absolute atomic E-state index is 9.98. The molecule has 0 saturated carbocycles. The summed E-state index contributed by atoms with van der Waals surface area (Å²) in [5.41, 5.74) is 3.52. The van der Waals surface area contributed by atoms with Gasteiger partial charge >= 0.3 is 0 Å². The zero-order valence-electron chi connectivity index (χ0n) is 16.5. The highest BCUT2D eigenvalue weighted by Gasteiger charge is 2.34. The van der Waals surface area contributed by atoms with Gasteiger partial charge in [0.05, 0.1) is 28.6 Å². The van der Waals surface area contributed by atoms with E-state index in [1.54, 1.807) is 0 Å². The van der Waals surface area contributed by atoms with Gasteiger partial charge in [0.15, 0.2) is 0 Å². The zero-order chi connectivity index (χ0) is 19.3. The molecule has 2 aliphatic rings. The number of aliphatic hydroxyl groups is 1. The Morgan fingerprint density at radius 3 is 2.39 bits per heavy atom. The summed E-state index contributed by atoms with van der Waals surface area (Å²) in [6.45, 7) is 6.85. The van der Waals surface area contributed by atoms with Crippen molar-refractivity contribution in [3.05, 3.63) is 42.1 Å². The van der Waals surface area contributed by atoms with Crippen LogP contribution in [0.25, 0.3) is 11.3 Å². The van der Waals surface area contributed by atoms with Crippen LogP contribution in [0, 0.1) is 11.8 Å². The van der Waals surface area contributed by atoms with Crippen LogP contribution in [0.15, 0.2) is 36.5 Å². The molecule has 6 heteroatoms. The summed E-state index contributed by atoms with van der Waals surface area (Å²) in [5.74, 6) is 0.955. The van der Waals surface area contributed by atoms with Crippen molar-refractivity contribution in [2.75, 3.05) is 39.3 Å². The van der Waals surface area contributed by atoms with E-state index in [4.69, 9.17) is 5.10 Å². The number of likely N-dealkylation sites (tertiary alicyclic amines) is 2. The van der Waals surface area contributed by atoms with Crippen LogP contribution in [-0.4, -0.2) is 62.2 Å². The summed E-state index contributed by atoms with van der Waals surface area (Å²) in [6.07, 6.45) is 7.54. The summed E-state index contributed by atoms with van der Waals surface area (Å²) in [4.78, 5) is 5.16. The van der Waals surface area contributed by atoms with E-state index < -0.39 is 0 Å². The molecule has 0 spiro atoms. The van der Waals surface area contributed by atoms with E-state index in [-0.39, 0.29) is 0 Å². The Kier molecular flexibility index (Phi) is 7.03. The lowest BCUT2D eigenvalue weighted by Gasteiger charge is -2.26. The van der Waals surface area contributed by atoms with Crippen LogP contribution in [0.1, 0.15) is 31.2 Å². The van der Waals surface area contributed by atoms with E-state index in [2.05, 4.69) is 63.1 Å². The van der Waals surface area contributed by atoms with Gasteiger partial charge in [0, 0.05) is 50.1 Å². The first-order valence-electron chi connectivity index (χ1n) is 10.6. The molecule has 3 heterocycles. The number of nitrogens with zero attached hydrogens (tertiary/aromatic N) is 4. The molecule has 2 aliphatic heterocycles. The number of rotatable bonds is 6. The fourth-order valence-electron chi connectivity index (χ4n) is 4.80. The molecule has 152 valence electrons. The van der Waals surface area contributed by atoms with Gasteiger partial charge in [-0.15, -0.1) is 0 Å². The summed E-state index contributed by atoms with van der Waals surface area (Å²) in [6, 6.07) is 10.4. The largest absolute Gasteiger partial charge is 0.396 e. The summed E-state index contributed by atoms with van der Waals surface area (Å²) >= 11 is 2.24. The minimum Gasteiger partial charge on any atom is -0.396 e. The smallest absolute Gasteiger partial charge is 0.0977 e. The van der Waals surface area contributed by atoms with Crippen LogP contribution in [0.5, 0.6) is 0 Å². The van der Waals surface area contributed by atoms with E-state index in [0.717, 1.165) is 31.9 Å². The minimum atomic E-state index is 0.298. The maximum atomic E-state index is 9.98. The molecule has 2 aromatic rings. The molecule has 1 aromatic carbocycles. The highest BCUT2D eigenvalue weighted by Crippen LogP contribution is 2.29. The Hall–Kier alpha value is -0.960. The van der Waals surface area contributed by atoms with Crippen LogP contribution in [-0.2, 0) is 6.54 Å². The van der Waals surface area contributed by atoms with Crippen molar-refractivity contribution in [3.8, 4) is 11.3 Å². The Morgan fingerprint density at radius 2 is 1.68 bits per heavy atom. The normalized spacial score (nSPS) is 24.5. The van der Waals surface area contributed by atoms with E-state index in [1.807, 2.05) is 8.96 Å². The third-order valence-corrected chi connectivity index (χ3v) is 6.78. The average molecular weight is 494 g/mol. The number of benzene rings is 1.